The Morgan fingerprint density at radius 2 is 1.94 bits per heavy atom. The van der Waals surface area contributed by atoms with Crippen molar-refractivity contribution in [1.82, 2.24) is 10.2 Å². The van der Waals surface area contributed by atoms with Gasteiger partial charge in [0, 0.05) is 38.3 Å². The largest absolute Gasteiger partial charge is 0.383 e. The molecule has 1 atom stereocenters. The summed E-state index contributed by atoms with van der Waals surface area (Å²) in [5.74, 6) is 0.956. The summed E-state index contributed by atoms with van der Waals surface area (Å²) in [6.07, 6.45) is 5.59. The normalized spacial score (nSPS) is 22.4. The first-order chi connectivity index (χ1) is 8.20. The molecule has 3 heteroatoms. The van der Waals surface area contributed by atoms with E-state index in [9.17, 15) is 0 Å². The summed E-state index contributed by atoms with van der Waals surface area (Å²) >= 11 is 0. The highest BCUT2D eigenvalue weighted by Gasteiger charge is 2.30. The van der Waals surface area contributed by atoms with Gasteiger partial charge in [-0.05, 0) is 45.4 Å². The molecule has 0 spiro atoms. The van der Waals surface area contributed by atoms with Crippen LogP contribution in [-0.2, 0) is 4.74 Å². The summed E-state index contributed by atoms with van der Waals surface area (Å²) in [6.45, 7) is 7.82. The molecule has 17 heavy (non-hydrogen) atoms. The molecule has 1 N–H and O–H groups in total. The van der Waals surface area contributed by atoms with Crippen molar-refractivity contribution in [3.63, 3.8) is 0 Å². The molecule has 2 aliphatic carbocycles. The molecule has 0 amide bonds. The monoisotopic (exact) mass is 240 g/mol. The maximum Gasteiger partial charge on any atom is 0.0630 e. The second kappa shape index (κ2) is 6.17. The highest BCUT2D eigenvalue weighted by Crippen LogP contribution is 2.31. The van der Waals surface area contributed by atoms with Crippen LogP contribution in [0.4, 0.5) is 0 Å². The van der Waals surface area contributed by atoms with Gasteiger partial charge in [-0.25, -0.2) is 0 Å². The van der Waals surface area contributed by atoms with Gasteiger partial charge < -0.3 is 10.1 Å². The lowest BCUT2D eigenvalue weighted by molar-refractivity contribution is 0.0658. The molecule has 2 saturated carbocycles. The summed E-state index contributed by atoms with van der Waals surface area (Å²) in [6, 6.07) is 1.96. The fourth-order valence-corrected chi connectivity index (χ4v) is 2.43. The van der Waals surface area contributed by atoms with E-state index in [0.717, 1.165) is 25.1 Å². The van der Waals surface area contributed by atoms with E-state index in [0.29, 0.717) is 12.1 Å². The molecule has 2 fully saturated rings. The average molecular weight is 240 g/mol. The third-order valence-electron chi connectivity index (χ3n) is 3.88. The zero-order valence-electron chi connectivity index (χ0n) is 11.6. The second-order valence-corrected chi connectivity index (χ2v) is 6.03. The topological polar surface area (TPSA) is 24.5 Å². The van der Waals surface area contributed by atoms with Gasteiger partial charge in [0.1, 0.15) is 0 Å². The number of nitrogens with one attached hydrogen (secondary N) is 1. The molecular weight excluding hydrogens is 212 g/mol. The third-order valence-corrected chi connectivity index (χ3v) is 3.88. The number of rotatable bonds is 9. The maximum atomic E-state index is 5.41. The van der Waals surface area contributed by atoms with Crippen LogP contribution in [0, 0.1) is 5.92 Å². The van der Waals surface area contributed by atoms with E-state index >= 15 is 0 Å². The highest BCUT2D eigenvalue weighted by atomic mass is 16.5. The van der Waals surface area contributed by atoms with E-state index in [1.165, 1.54) is 32.2 Å². The van der Waals surface area contributed by atoms with Gasteiger partial charge >= 0.3 is 0 Å². The maximum absolute atomic E-state index is 5.41. The van der Waals surface area contributed by atoms with Crippen LogP contribution in [0.15, 0.2) is 0 Å². The third kappa shape index (κ3) is 4.57. The molecule has 0 aromatic heterocycles. The zero-order chi connectivity index (χ0) is 12.3. The fraction of sp³-hybridized carbons (Fsp3) is 1.00. The van der Waals surface area contributed by atoms with Crippen LogP contribution >= 0.6 is 0 Å². The summed E-state index contributed by atoms with van der Waals surface area (Å²) in [4.78, 5) is 2.64. The van der Waals surface area contributed by atoms with Crippen molar-refractivity contribution in [2.24, 2.45) is 5.92 Å². The Kier molecular flexibility index (Phi) is 4.83. The molecule has 2 aliphatic rings. The molecule has 0 heterocycles. The van der Waals surface area contributed by atoms with E-state index in [1.54, 1.807) is 0 Å². The molecule has 0 radical (unpaired) electrons. The number of nitrogens with zero attached hydrogens (tertiary/aromatic N) is 1. The summed E-state index contributed by atoms with van der Waals surface area (Å²) in [5, 5.41) is 3.65. The molecule has 0 saturated heterocycles. The first-order valence-corrected chi connectivity index (χ1v) is 7.18. The van der Waals surface area contributed by atoms with E-state index in [2.05, 4.69) is 24.1 Å². The lowest BCUT2D eigenvalue weighted by Gasteiger charge is -2.35. The van der Waals surface area contributed by atoms with Gasteiger partial charge in [-0.3, -0.25) is 4.90 Å². The van der Waals surface area contributed by atoms with E-state index in [-0.39, 0.29) is 0 Å². The summed E-state index contributed by atoms with van der Waals surface area (Å²) in [5.41, 5.74) is 0. The first-order valence-electron chi connectivity index (χ1n) is 7.18. The Labute approximate surface area is 106 Å². The van der Waals surface area contributed by atoms with Crippen molar-refractivity contribution in [2.45, 2.75) is 57.7 Å². The molecule has 2 rings (SSSR count). The van der Waals surface area contributed by atoms with Gasteiger partial charge in [-0.15, -0.1) is 0 Å². The molecule has 3 nitrogen and oxygen atoms in total. The van der Waals surface area contributed by atoms with E-state index in [4.69, 9.17) is 4.74 Å². The van der Waals surface area contributed by atoms with Gasteiger partial charge in [0.05, 0.1) is 6.61 Å². The minimum atomic E-state index is 0.543. The van der Waals surface area contributed by atoms with Gasteiger partial charge in [0.25, 0.3) is 0 Å². The minimum Gasteiger partial charge on any atom is -0.383 e. The molecule has 0 aliphatic heterocycles. The van der Waals surface area contributed by atoms with Crippen molar-refractivity contribution in [3.8, 4) is 0 Å². The smallest absolute Gasteiger partial charge is 0.0630 e. The Morgan fingerprint density at radius 1 is 1.24 bits per heavy atom. The fourth-order valence-electron chi connectivity index (χ4n) is 2.43. The average Bonchev–Trinajstić information content (AvgIpc) is 3.15. The Morgan fingerprint density at radius 3 is 2.41 bits per heavy atom. The number of methoxy groups -OCH3 is 1. The Hall–Kier alpha value is -0.120. The van der Waals surface area contributed by atoms with E-state index in [1.807, 2.05) is 7.11 Å². The molecule has 0 bridgehead atoms. The zero-order valence-corrected chi connectivity index (χ0v) is 11.6. The lowest BCUT2D eigenvalue weighted by Crippen LogP contribution is -2.49. The quantitative estimate of drug-likeness (QED) is 0.666. The van der Waals surface area contributed by atoms with Crippen molar-refractivity contribution in [3.05, 3.63) is 0 Å². The van der Waals surface area contributed by atoms with Crippen molar-refractivity contribution < 1.29 is 4.74 Å². The van der Waals surface area contributed by atoms with Gasteiger partial charge in [0.15, 0.2) is 0 Å². The van der Waals surface area contributed by atoms with Crippen LogP contribution in [0.1, 0.15) is 39.5 Å². The predicted molar refractivity (Wildman–Crippen MR) is 71.3 cm³/mol. The van der Waals surface area contributed by atoms with Crippen LogP contribution in [-0.4, -0.2) is 49.8 Å². The standard InChI is InChI=1S/C14H28N2O/c1-11(2)16(9-12-4-5-12)14(10-17-3)8-15-13-6-7-13/h11-15H,4-10H2,1-3H3. The van der Waals surface area contributed by atoms with Crippen molar-refractivity contribution in [2.75, 3.05) is 26.8 Å². The van der Waals surface area contributed by atoms with Crippen LogP contribution in [0.2, 0.25) is 0 Å². The second-order valence-electron chi connectivity index (χ2n) is 6.03. The molecule has 100 valence electrons. The number of hydrogen-bond acceptors (Lipinski definition) is 3. The van der Waals surface area contributed by atoms with Gasteiger partial charge in [-0.1, -0.05) is 0 Å². The molecule has 0 aromatic carbocycles. The first kappa shape index (κ1) is 13.3. The van der Waals surface area contributed by atoms with Crippen LogP contribution in [0.3, 0.4) is 0 Å². The number of hydrogen-bond donors (Lipinski definition) is 1. The van der Waals surface area contributed by atoms with Gasteiger partial charge in [0.2, 0.25) is 0 Å². The molecule has 0 aromatic rings. The van der Waals surface area contributed by atoms with Crippen molar-refractivity contribution in [1.29, 1.82) is 0 Å². The summed E-state index contributed by atoms with van der Waals surface area (Å²) in [7, 11) is 1.82. The molecular formula is C14H28N2O. The molecule has 1 unspecified atom stereocenters. The lowest BCUT2D eigenvalue weighted by atomic mass is 10.1. The van der Waals surface area contributed by atoms with Crippen LogP contribution in [0.25, 0.3) is 0 Å². The van der Waals surface area contributed by atoms with Crippen LogP contribution < -0.4 is 5.32 Å². The van der Waals surface area contributed by atoms with E-state index < -0.39 is 0 Å². The SMILES string of the molecule is COCC(CNC1CC1)N(CC1CC1)C(C)C. The Balaban J connectivity index is 1.83. The Bertz CT molecular complexity index is 224. The number of ether oxygens (including phenoxy) is 1. The van der Waals surface area contributed by atoms with Gasteiger partial charge in [-0.2, -0.15) is 0 Å². The van der Waals surface area contributed by atoms with Crippen molar-refractivity contribution >= 4 is 0 Å². The summed E-state index contributed by atoms with van der Waals surface area (Å²) < 4.78 is 5.41. The van der Waals surface area contributed by atoms with Crippen LogP contribution in [0.5, 0.6) is 0 Å². The predicted octanol–water partition coefficient (Wildman–Crippen LogP) is 1.87. The minimum absolute atomic E-state index is 0.543. The highest BCUT2D eigenvalue weighted by molar-refractivity contribution is 4.87.